The number of hydrogen-bond donors (Lipinski definition) is 2. The number of aliphatic hydroxyl groups excluding tert-OH is 1. The van der Waals surface area contributed by atoms with Crippen LogP contribution in [-0.2, 0) is 4.74 Å². The van der Waals surface area contributed by atoms with Crippen molar-refractivity contribution in [2.75, 3.05) is 19.7 Å². The molecular weight excluding hydrogens is 166 g/mol. The lowest BCUT2D eigenvalue weighted by atomic mass is 9.82. The Balaban J connectivity index is 1.88. The van der Waals surface area contributed by atoms with Crippen LogP contribution in [0.15, 0.2) is 0 Å². The molecule has 0 aromatic heterocycles. The van der Waals surface area contributed by atoms with E-state index in [2.05, 4.69) is 5.32 Å². The number of ether oxygens (including phenoxy) is 1. The van der Waals surface area contributed by atoms with Crippen LogP contribution >= 0.6 is 0 Å². The van der Waals surface area contributed by atoms with Gasteiger partial charge < -0.3 is 15.2 Å². The van der Waals surface area contributed by atoms with Crippen LogP contribution in [0.2, 0.25) is 0 Å². The molecule has 1 aliphatic heterocycles. The van der Waals surface area contributed by atoms with Crippen LogP contribution in [0, 0.1) is 5.92 Å². The van der Waals surface area contributed by atoms with E-state index in [1.54, 1.807) is 0 Å². The summed E-state index contributed by atoms with van der Waals surface area (Å²) in [6.07, 6.45) is 4.65. The first kappa shape index (κ1) is 9.44. The number of morpholine rings is 1. The van der Waals surface area contributed by atoms with Gasteiger partial charge in [0.2, 0.25) is 0 Å². The van der Waals surface area contributed by atoms with E-state index >= 15 is 0 Å². The van der Waals surface area contributed by atoms with Crippen molar-refractivity contribution in [3.63, 3.8) is 0 Å². The van der Waals surface area contributed by atoms with Gasteiger partial charge in [-0.25, -0.2) is 0 Å². The van der Waals surface area contributed by atoms with Gasteiger partial charge in [-0.3, -0.25) is 0 Å². The fraction of sp³-hybridized carbons (Fsp3) is 1.00. The molecule has 2 fully saturated rings. The number of nitrogens with one attached hydrogen (secondary N) is 1. The average Bonchev–Trinajstić information content (AvgIpc) is 2.20. The van der Waals surface area contributed by atoms with Crippen LogP contribution in [0.4, 0.5) is 0 Å². The largest absolute Gasteiger partial charge is 0.393 e. The normalized spacial score (nSPS) is 41.8. The van der Waals surface area contributed by atoms with Crippen LogP contribution in [0.3, 0.4) is 0 Å². The van der Waals surface area contributed by atoms with Gasteiger partial charge in [-0.15, -0.1) is 0 Å². The summed E-state index contributed by atoms with van der Waals surface area (Å²) in [6.45, 7) is 2.68. The Kier molecular flexibility index (Phi) is 3.19. The Morgan fingerprint density at radius 2 is 2.08 bits per heavy atom. The SMILES string of the molecule is OC1CCCCC1C1CNCCO1. The van der Waals surface area contributed by atoms with Gasteiger partial charge in [-0.05, 0) is 12.8 Å². The molecule has 13 heavy (non-hydrogen) atoms. The van der Waals surface area contributed by atoms with Crippen molar-refractivity contribution in [2.45, 2.75) is 37.9 Å². The number of aliphatic hydroxyl groups is 1. The molecule has 0 radical (unpaired) electrons. The maximum absolute atomic E-state index is 9.81. The first-order valence-corrected chi connectivity index (χ1v) is 5.38. The van der Waals surface area contributed by atoms with Crippen LogP contribution in [0.1, 0.15) is 25.7 Å². The Bertz CT molecular complexity index is 157. The summed E-state index contributed by atoms with van der Waals surface area (Å²) in [5, 5.41) is 13.1. The molecule has 0 spiro atoms. The Hall–Kier alpha value is -0.120. The molecule has 2 N–H and O–H groups in total. The molecule has 0 amide bonds. The lowest BCUT2D eigenvalue weighted by Gasteiger charge is -2.36. The minimum Gasteiger partial charge on any atom is -0.393 e. The smallest absolute Gasteiger partial charge is 0.0752 e. The van der Waals surface area contributed by atoms with E-state index in [9.17, 15) is 5.11 Å². The molecule has 0 bridgehead atoms. The third-order valence-electron chi connectivity index (χ3n) is 3.22. The van der Waals surface area contributed by atoms with Crippen LogP contribution in [-0.4, -0.2) is 37.0 Å². The van der Waals surface area contributed by atoms with Crippen molar-refractivity contribution in [2.24, 2.45) is 5.92 Å². The van der Waals surface area contributed by atoms with E-state index in [1.165, 1.54) is 12.8 Å². The molecular formula is C10H19NO2. The van der Waals surface area contributed by atoms with Crippen molar-refractivity contribution in [3.8, 4) is 0 Å². The third kappa shape index (κ3) is 2.22. The number of hydrogen-bond acceptors (Lipinski definition) is 3. The summed E-state index contributed by atoms with van der Waals surface area (Å²) in [4.78, 5) is 0. The van der Waals surface area contributed by atoms with Gasteiger partial charge in [0.1, 0.15) is 0 Å². The minimum atomic E-state index is -0.126. The second kappa shape index (κ2) is 4.40. The first-order valence-electron chi connectivity index (χ1n) is 5.38. The maximum Gasteiger partial charge on any atom is 0.0752 e. The molecule has 3 unspecified atom stereocenters. The zero-order valence-corrected chi connectivity index (χ0v) is 8.04. The summed E-state index contributed by atoms with van der Waals surface area (Å²) in [7, 11) is 0. The van der Waals surface area contributed by atoms with Crippen molar-refractivity contribution in [3.05, 3.63) is 0 Å². The van der Waals surface area contributed by atoms with Gasteiger partial charge in [-0.2, -0.15) is 0 Å². The molecule has 2 rings (SSSR count). The Morgan fingerprint density at radius 1 is 1.23 bits per heavy atom. The maximum atomic E-state index is 9.81. The Labute approximate surface area is 79.5 Å². The molecule has 76 valence electrons. The zero-order chi connectivity index (χ0) is 9.10. The summed E-state index contributed by atoms with van der Waals surface area (Å²) in [6, 6.07) is 0. The van der Waals surface area contributed by atoms with Gasteiger partial charge in [0.05, 0.1) is 18.8 Å². The monoisotopic (exact) mass is 185 g/mol. The van der Waals surface area contributed by atoms with E-state index in [0.29, 0.717) is 5.92 Å². The highest BCUT2D eigenvalue weighted by molar-refractivity contribution is 4.84. The van der Waals surface area contributed by atoms with E-state index in [1.807, 2.05) is 0 Å². The van der Waals surface area contributed by atoms with Crippen LogP contribution < -0.4 is 5.32 Å². The fourth-order valence-corrected chi connectivity index (χ4v) is 2.43. The minimum absolute atomic E-state index is 0.126. The summed E-state index contributed by atoms with van der Waals surface area (Å²) < 4.78 is 5.67. The van der Waals surface area contributed by atoms with Gasteiger partial charge >= 0.3 is 0 Å². The van der Waals surface area contributed by atoms with Crippen LogP contribution in [0.5, 0.6) is 0 Å². The second-order valence-corrected chi connectivity index (χ2v) is 4.13. The van der Waals surface area contributed by atoms with E-state index in [4.69, 9.17) is 4.74 Å². The molecule has 0 aromatic rings. The highest BCUT2D eigenvalue weighted by Crippen LogP contribution is 2.28. The van der Waals surface area contributed by atoms with Gasteiger partial charge in [0, 0.05) is 19.0 Å². The van der Waals surface area contributed by atoms with Crippen molar-refractivity contribution in [1.29, 1.82) is 0 Å². The zero-order valence-electron chi connectivity index (χ0n) is 8.04. The quantitative estimate of drug-likeness (QED) is 0.626. The highest BCUT2D eigenvalue weighted by Gasteiger charge is 2.31. The van der Waals surface area contributed by atoms with E-state index < -0.39 is 0 Å². The number of rotatable bonds is 1. The second-order valence-electron chi connectivity index (χ2n) is 4.13. The molecule has 2 aliphatic rings. The highest BCUT2D eigenvalue weighted by atomic mass is 16.5. The Morgan fingerprint density at radius 3 is 2.77 bits per heavy atom. The fourth-order valence-electron chi connectivity index (χ4n) is 2.43. The first-order chi connectivity index (χ1) is 6.38. The molecule has 1 aliphatic carbocycles. The lowest BCUT2D eigenvalue weighted by Crippen LogP contribution is -2.47. The van der Waals surface area contributed by atoms with Gasteiger partial charge in [-0.1, -0.05) is 12.8 Å². The molecule has 1 saturated heterocycles. The van der Waals surface area contributed by atoms with E-state index in [0.717, 1.165) is 32.5 Å². The van der Waals surface area contributed by atoms with Crippen LogP contribution in [0.25, 0.3) is 0 Å². The van der Waals surface area contributed by atoms with Crippen molar-refractivity contribution in [1.82, 2.24) is 5.32 Å². The van der Waals surface area contributed by atoms with Crippen molar-refractivity contribution < 1.29 is 9.84 Å². The molecule has 3 nitrogen and oxygen atoms in total. The summed E-state index contributed by atoms with van der Waals surface area (Å²) in [5.74, 6) is 0.376. The molecule has 3 atom stereocenters. The topological polar surface area (TPSA) is 41.5 Å². The molecule has 0 aromatic carbocycles. The predicted molar refractivity (Wildman–Crippen MR) is 50.6 cm³/mol. The van der Waals surface area contributed by atoms with Gasteiger partial charge in [0.25, 0.3) is 0 Å². The molecule has 1 heterocycles. The summed E-state index contributed by atoms with van der Waals surface area (Å²) >= 11 is 0. The average molecular weight is 185 g/mol. The summed E-state index contributed by atoms with van der Waals surface area (Å²) in [5.41, 5.74) is 0. The molecule has 3 heteroatoms. The molecule has 1 saturated carbocycles. The standard InChI is InChI=1S/C10H19NO2/c12-9-4-2-1-3-8(9)10-7-11-5-6-13-10/h8-12H,1-7H2. The lowest BCUT2D eigenvalue weighted by molar-refractivity contribution is -0.0651. The van der Waals surface area contributed by atoms with Gasteiger partial charge in [0.15, 0.2) is 0 Å². The van der Waals surface area contributed by atoms with Crippen molar-refractivity contribution >= 4 is 0 Å². The predicted octanol–water partition coefficient (Wildman–Crippen LogP) is 0.526. The third-order valence-corrected chi connectivity index (χ3v) is 3.22. The van der Waals surface area contributed by atoms with E-state index in [-0.39, 0.29) is 12.2 Å².